The lowest BCUT2D eigenvalue weighted by Gasteiger charge is -2.31. The average Bonchev–Trinajstić information content (AvgIpc) is 2.78. The highest BCUT2D eigenvalue weighted by Crippen LogP contribution is 2.21. The van der Waals surface area contributed by atoms with Crippen LogP contribution in [0.4, 0.5) is 0 Å². The zero-order valence-corrected chi connectivity index (χ0v) is 18.3. The number of nitrogens with one attached hydrogen (secondary N) is 2. The maximum absolute atomic E-state index is 5.47. The van der Waals surface area contributed by atoms with Crippen molar-refractivity contribution in [1.82, 2.24) is 20.4 Å². The maximum Gasteiger partial charge on any atom is 0.191 e. The lowest BCUT2D eigenvalue weighted by Crippen LogP contribution is -2.43. The molecule has 6 heteroatoms. The van der Waals surface area contributed by atoms with Crippen molar-refractivity contribution in [3.8, 4) is 0 Å². The number of likely N-dealkylation sites (N-methyl/N-ethyl adjacent to an activating group) is 1. The summed E-state index contributed by atoms with van der Waals surface area (Å²) in [4.78, 5) is 9.39. The molecule has 2 fully saturated rings. The van der Waals surface area contributed by atoms with E-state index in [0.29, 0.717) is 0 Å². The van der Waals surface area contributed by atoms with Crippen LogP contribution in [0.15, 0.2) is 29.3 Å². The van der Waals surface area contributed by atoms with Crippen LogP contribution < -0.4 is 10.6 Å². The van der Waals surface area contributed by atoms with Gasteiger partial charge in [0, 0.05) is 52.4 Å². The molecule has 2 N–H and O–H groups in total. The van der Waals surface area contributed by atoms with E-state index in [1.54, 1.807) is 0 Å². The Morgan fingerprint density at radius 3 is 2.55 bits per heavy atom. The largest absolute Gasteiger partial charge is 0.379 e. The number of ether oxygens (including phenoxy) is 1. The summed E-state index contributed by atoms with van der Waals surface area (Å²) >= 11 is 0. The van der Waals surface area contributed by atoms with Crippen molar-refractivity contribution in [2.24, 2.45) is 4.99 Å². The Morgan fingerprint density at radius 1 is 1.10 bits per heavy atom. The lowest BCUT2D eigenvalue weighted by atomic mass is 9.94. The van der Waals surface area contributed by atoms with Crippen molar-refractivity contribution >= 4 is 5.96 Å². The molecule has 2 aliphatic rings. The quantitative estimate of drug-likeness (QED) is 0.518. The molecule has 0 bridgehead atoms. The number of morpholine rings is 1. The van der Waals surface area contributed by atoms with E-state index in [1.165, 1.54) is 43.2 Å². The van der Waals surface area contributed by atoms with Crippen LogP contribution in [0.2, 0.25) is 0 Å². The Kier molecular flexibility index (Phi) is 9.25. The Bertz CT molecular complexity index is 623. The smallest absolute Gasteiger partial charge is 0.191 e. The van der Waals surface area contributed by atoms with Crippen LogP contribution in [0.3, 0.4) is 0 Å². The predicted molar refractivity (Wildman–Crippen MR) is 120 cm³/mol. The van der Waals surface area contributed by atoms with Gasteiger partial charge >= 0.3 is 0 Å². The second-order valence-electron chi connectivity index (χ2n) is 8.28. The molecule has 0 spiro atoms. The van der Waals surface area contributed by atoms with Gasteiger partial charge in [-0.25, -0.2) is 0 Å². The Morgan fingerprint density at radius 2 is 1.83 bits per heavy atom. The number of aliphatic imine (C=N–C) groups is 1. The molecule has 1 aliphatic carbocycles. The van der Waals surface area contributed by atoms with E-state index in [0.717, 1.165) is 64.5 Å². The van der Waals surface area contributed by atoms with Gasteiger partial charge in [0.1, 0.15) is 0 Å². The summed E-state index contributed by atoms with van der Waals surface area (Å²) in [5.41, 5.74) is 2.72. The van der Waals surface area contributed by atoms with E-state index in [4.69, 9.17) is 4.74 Å². The fourth-order valence-corrected chi connectivity index (χ4v) is 4.34. The Balaban J connectivity index is 1.43. The third-order valence-corrected chi connectivity index (χ3v) is 6.24. The van der Waals surface area contributed by atoms with E-state index in [2.05, 4.69) is 56.7 Å². The lowest BCUT2D eigenvalue weighted by molar-refractivity contribution is 0.0341. The monoisotopic (exact) mass is 401 g/mol. The minimum Gasteiger partial charge on any atom is -0.379 e. The first-order chi connectivity index (χ1) is 14.3. The number of nitrogens with zero attached hydrogens (tertiary/aromatic N) is 3. The molecule has 0 atom stereocenters. The Labute approximate surface area is 176 Å². The molecular formula is C23H39N5O. The topological polar surface area (TPSA) is 52.1 Å². The molecule has 1 aromatic rings. The summed E-state index contributed by atoms with van der Waals surface area (Å²) in [6.07, 6.45) is 6.88. The first-order valence-electron chi connectivity index (χ1n) is 11.3. The molecule has 0 aromatic heterocycles. The number of guanidine groups is 1. The van der Waals surface area contributed by atoms with Crippen molar-refractivity contribution in [3.63, 3.8) is 0 Å². The van der Waals surface area contributed by atoms with Crippen LogP contribution in [-0.4, -0.2) is 75.3 Å². The SMILES string of the molecule is CN=C(NCCN(C)C1CCCCC1)NCc1ccccc1CN1CCOCC1. The van der Waals surface area contributed by atoms with Gasteiger partial charge in [0.2, 0.25) is 0 Å². The van der Waals surface area contributed by atoms with Crippen LogP contribution in [0.25, 0.3) is 0 Å². The van der Waals surface area contributed by atoms with Crippen LogP contribution >= 0.6 is 0 Å². The van der Waals surface area contributed by atoms with Gasteiger partial charge in [0.25, 0.3) is 0 Å². The standard InChI is InChI=1S/C23H39N5O/c1-24-23(25-12-13-27(2)22-10-4-3-5-11-22)26-18-20-8-6-7-9-21(20)19-28-14-16-29-17-15-28/h6-9,22H,3-5,10-19H2,1-2H3,(H2,24,25,26). The van der Waals surface area contributed by atoms with E-state index >= 15 is 0 Å². The van der Waals surface area contributed by atoms with E-state index in [-0.39, 0.29) is 0 Å². The molecule has 29 heavy (non-hydrogen) atoms. The first kappa shape index (κ1) is 22.1. The second kappa shape index (κ2) is 12.2. The van der Waals surface area contributed by atoms with Crippen molar-refractivity contribution in [2.45, 2.75) is 51.2 Å². The number of benzene rings is 1. The Hall–Kier alpha value is -1.63. The minimum absolute atomic E-state index is 0.757. The van der Waals surface area contributed by atoms with E-state index in [9.17, 15) is 0 Å². The number of hydrogen-bond donors (Lipinski definition) is 2. The normalized spacial score (nSPS) is 19.5. The van der Waals surface area contributed by atoms with Crippen LogP contribution in [-0.2, 0) is 17.8 Å². The van der Waals surface area contributed by atoms with Gasteiger partial charge in [-0.3, -0.25) is 9.89 Å². The fourth-order valence-electron chi connectivity index (χ4n) is 4.34. The molecule has 1 saturated carbocycles. The summed E-state index contributed by atoms with van der Waals surface area (Å²) in [6, 6.07) is 9.46. The molecule has 1 aromatic carbocycles. The van der Waals surface area contributed by atoms with E-state index in [1.807, 2.05) is 7.05 Å². The van der Waals surface area contributed by atoms with Crippen molar-refractivity contribution in [2.75, 3.05) is 53.5 Å². The van der Waals surface area contributed by atoms with Gasteiger partial charge in [0.15, 0.2) is 5.96 Å². The third kappa shape index (κ3) is 7.28. The minimum atomic E-state index is 0.757. The number of hydrogen-bond acceptors (Lipinski definition) is 4. The van der Waals surface area contributed by atoms with Crippen molar-refractivity contribution < 1.29 is 4.74 Å². The molecule has 0 unspecified atom stereocenters. The zero-order valence-electron chi connectivity index (χ0n) is 18.3. The first-order valence-corrected chi connectivity index (χ1v) is 11.3. The van der Waals surface area contributed by atoms with Crippen molar-refractivity contribution in [1.29, 1.82) is 0 Å². The predicted octanol–water partition coefficient (Wildman–Crippen LogP) is 2.45. The van der Waals surface area contributed by atoms with Gasteiger partial charge in [-0.1, -0.05) is 43.5 Å². The summed E-state index contributed by atoms with van der Waals surface area (Å²) < 4.78 is 5.47. The average molecular weight is 402 g/mol. The molecular weight excluding hydrogens is 362 g/mol. The van der Waals surface area contributed by atoms with Crippen molar-refractivity contribution in [3.05, 3.63) is 35.4 Å². The van der Waals surface area contributed by atoms with E-state index < -0.39 is 0 Å². The zero-order chi connectivity index (χ0) is 20.3. The van der Waals surface area contributed by atoms with Gasteiger partial charge < -0.3 is 20.3 Å². The molecule has 0 amide bonds. The summed E-state index contributed by atoms with van der Waals surface area (Å²) in [5, 5.41) is 6.97. The molecule has 0 radical (unpaired) electrons. The second-order valence-corrected chi connectivity index (χ2v) is 8.28. The van der Waals surface area contributed by atoms with Crippen LogP contribution in [0, 0.1) is 0 Å². The summed E-state index contributed by atoms with van der Waals surface area (Å²) in [6.45, 7) is 7.46. The van der Waals surface area contributed by atoms with Crippen LogP contribution in [0.1, 0.15) is 43.2 Å². The highest BCUT2D eigenvalue weighted by Gasteiger charge is 2.17. The van der Waals surface area contributed by atoms with Gasteiger partial charge in [-0.2, -0.15) is 0 Å². The molecule has 1 aliphatic heterocycles. The molecule has 1 saturated heterocycles. The highest BCUT2D eigenvalue weighted by atomic mass is 16.5. The molecule has 3 rings (SSSR count). The highest BCUT2D eigenvalue weighted by molar-refractivity contribution is 5.79. The van der Waals surface area contributed by atoms with Crippen LogP contribution in [0.5, 0.6) is 0 Å². The van der Waals surface area contributed by atoms with Gasteiger partial charge in [-0.15, -0.1) is 0 Å². The maximum atomic E-state index is 5.47. The summed E-state index contributed by atoms with van der Waals surface area (Å²) in [7, 11) is 4.11. The fraction of sp³-hybridized carbons (Fsp3) is 0.696. The molecule has 1 heterocycles. The van der Waals surface area contributed by atoms with Gasteiger partial charge in [-0.05, 0) is 31.0 Å². The third-order valence-electron chi connectivity index (χ3n) is 6.24. The summed E-state index contributed by atoms with van der Waals surface area (Å²) in [5.74, 6) is 0.878. The number of rotatable bonds is 8. The van der Waals surface area contributed by atoms with Gasteiger partial charge in [0.05, 0.1) is 13.2 Å². The molecule has 162 valence electrons. The molecule has 6 nitrogen and oxygen atoms in total.